The van der Waals surface area contributed by atoms with E-state index in [2.05, 4.69) is 20.9 Å². The van der Waals surface area contributed by atoms with Gasteiger partial charge < -0.3 is 14.6 Å². The van der Waals surface area contributed by atoms with Gasteiger partial charge in [-0.15, -0.1) is 0 Å². The van der Waals surface area contributed by atoms with Crippen LogP contribution in [0.3, 0.4) is 0 Å². The molecule has 7 nitrogen and oxygen atoms in total. The summed E-state index contributed by atoms with van der Waals surface area (Å²) in [6.07, 6.45) is -3.58. The minimum Gasteiger partial charge on any atom is -0.503 e. The Bertz CT molecular complexity index is 1600. The first kappa shape index (κ1) is 27.0. The zero-order valence-electron chi connectivity index (χ0n) is 19.1. The minimum absolute atomic E-state index is 0.0454. The van der Waals surface area contributed by atoms with Crippen LogP contribution in [0.25, 0.3) is 6.08 Å². The van der Waals surface area contributed by atoms with Crippen molar-refractivity contribution in [3.8, 4) is 11.5 Å². The van der Waals surface area contributed by atoms with E-state index in [0.29, 0.717) is 10.6 Å². The molecule has 1 N–H and O–H groups in total. The normalized spacial score (nSPS) is 15.9. The molecule has 1 aromatic heterocycles. The van der Waals surface area contributed by atoms with E-state index in [0.717, 1.165) is 15.9 Å². The van der Waals surface area contributed by atoms with Gasteiger partial charge in [-0.25, -0.2) is 9.79 Å². The molecular formula is C24H17BrClF3N2O5S. The first-order chi connectivity index (χ1) is 17.5. The molecule has 0 fully saturated rings. The van der Waals surface area contributed by atoms with E-state index in [9.17, 15) is 27.9 Å². The van der Waals surface area contributed by atoms with E-state index in [1.165, 1.54) is 56.5 Å². The summed E-state index contributed by atoms with van der Waals surface area (Å²) in [7, 11) is 1.35. The molecule has 1 atom stereocenters. The summed E-state index contributed by atoms with van der Waals surface area (Å²) in [6.45, 7) is 1.28. The Morgan fingerprint density at radius 2 is 1.97 bits per heavy atom. The number of hydrogen-bond donors (Lipinski definition) is 1. The second-order valence-corrected chi connectivity index (χ2v) is 9.97. The number of fused-ring (bicyclic) bond motifs is 1. The Morgan fingerprint density at radius 3 is 2.57 bits per heavy atom. The van der Waals surface area contributed by atoms with Crippen LogP contribution in [0.2, 0.25) is 5.02 Å². The number of carbonyl (C=O) groups is 1. The van der Waals surface area contributed by atoms with Crippen LogP contribution in [-0.4, -0.2) is 35.5 Å². The molecule has 0 amide bonds. The van der Waals surface area contributed by atoms with Crippen molar-refractivity contribution >= 4 is 50.9 Å². The quantitative estimate of drug-likeness (QED) is 0.427. The van der Waals surface area contributed by atoms with Crippen LogP contribution in [0.4, 0.5) is 13.2 Å². The third kappa shape index (κ3) is 5.18. The lowest BCUT2D eigenvalue weighted by Crippen LogP contribution is -2.41. The van der Waals surface area contributed by atoms with E-state index in [1.807, 2.05) is 0 Å². The number of ether oxygens (including phenoxy) is 2. The van der Waals surface area contributed by atoms with E-state index in [4.69, 9.17) is 21.1 Å². The molecule has 0 radical (unpaired) electrons. The number of methoxy groups -OCH3 is 1. The van der Waals surface area contributed by atoms with Crippen molar-refractivity contribution in [1.29, 1.82) is 0 Å². The topological polar surface area (TPSA) is 90.1 Å². The first-order valence-corrected chi connectivity index (χ1v) is 12.6. The zero-order valence-corrected chi connectivity index (χ0v) is 22.3. The molecule has 0 spiro atoms. The number of benzene rings is 2. The summed E-state index contributed by atoms with van der Waals surface area (Å²) in [4.78, 5) is 29.9. The molecule has 3 aromatic rings. The number of thiazole rings is 1. The standard InChI is InChI=1S/C24H17BrClF3N2O5S/c1-3-36-22(34)17-18(12-4-6-13(26)7-5-12)31-21(33)16(37-23(31)30-20(17)24(27,28)29)10-11-8-14(25)19(32)15(9-11)35-2/h4-10,18,32H,3H2,1-2H3/b16-10-/t18-/m1/s1. The van der Waals surface area contributed by atoms with Crippen LogP contribution in [-0.2, 0) is 9.53 Å². The fourth-order valence-corrected chi connectivity index (χ4v) is 5.37. The molecular weight excluding hydrogens is 601 g/mol. The van der Waals surface area contributed by atoms with Crippen LogP contribution in [0.5, 0.6) is 11.5 Å². The molecule has 0 unspecified atom stereocenters. The number of carbonyl (C=O) groups excluding carboxylic acids is 1. The van der Waals surface area contributed by atoms with Crippen LogP contribution < -0.4 is 19.6 Å². The van der Waals surface area contributed by atoms with E-state index in [1.54, 1.807) is 0 Å². The predicted molar refractivity (Wildman–Crippen MR) is 135 cm³/mol. The number of esters is 1. The zero-order chi connectivity index (χ0) is 27.1. The van der Waals surface area contributed by atoms with Gasteiger partial charge in [-0.3, -0.25) is 9.36 Å². The highest BCUT2D eigenvalue weighted by Crippen LogP contribution is 2.39. The Labute approximate surface area is 224 Å². The maximum atomic E-state index is 14.1. The monoisotopic (exact) mass is 616 g/mol. The molecule has 4 rings (SSSR count). The lowest BCUT2D eigenvalue weighted by molar-refractivity contribution is -0.140. The highest BCUT2D eigenvalue weighted by molar-refractivity contribution is 9.10. The van der Waals surface area contributed by atoms with Crippen molar-refractivity contribution in [2.24, 2.45) is 4.99 Å². The Balaban J connectivity index is 2.04. The van der Waals surface area contributed by atoms with Crippen molar-refractivity contribution in [2.45, 2.75) is 19.1 Å². The summed E-state index contributed by atoms with van der Waals surface area (Å²) in [5.41, 5.74) is -2.27. The number of aromatic nitrogens is 1. The van der Waals surface area contributed by atoms with E-state index >= 15 is 0 Å². The number of phenols is 1. The average Bonchev–Trinajstić information content (AvgIpc) is 3.15. The number of rotatable bonds is 5. The first-order valence-electron chi connectivity index (χ1n) is 10.6. The van der Waals surface area contributed by atoms with Crippen molar-refractivity contribution in [1.82, 2.24) is 4.57 Å². The van der Waals surface area contributed by atoms with Crippen LogP contribution in [0, 0.1) is 0 Å². The minimum atomic E-state index is -5.00. The average molecular weight is 618 g/mol. The van der Waals surface area contributed by atoms with Gasteiger partial charge in [-0.1, -0.05) is 35.1 Å². The van der Waals surface area contributed by atoms with Gasteiger partial charge in [0.15, 0.2) is 22.0 Å². The summed E-state index contributed by atoms with van der Waals surface area (Å²) in [6, 6.07) is 7.27. The molecule has 1 aliphatic rings. The number of alkyl halides is 3. The molecule has 2 aromatic carbocycles. The maximum absolute atomic E-state index is 14.1. The van der Waals surface area contributed by atoms with E-state index < -0.39 is 35.0 Å². The molecule has 2 heterocycles. The summed E-state index contributed by atoms with van der Waals surface area (Å²) < 4.78 is 53.9. The van der Waals surface area contributed by atoms with Gasteiger partial charge in [0.05, 0.1) is 34.3 Å². The van der Waals surface area contributed by atoms with Crippen LogP contribution in [0.1, 0.15) is 24.1 Å². The fraction of sp³-hybridized carbons (Fsp3) is 0.208. The Kier molecular flexibility index (Phi) is 7.54. The van der Waals surface area contributed by atoms with Crippen LogP contribution in [0.15, 0.2) is 61.9 Å². The third-order valence-corrected chi connectivity index (χ3v) is 7.19. The molecule has 0 saturated carbocycles. The van der Waals surface area contributed by atoms with Crippen molar-refractivity contribution in [3.63, 3.8) is 0 Å². The Hall–Kier alpha value is -3.09. The van der Waals surface area contributed by atoms with Gasteiger partial charge in [-0.2, -0.15) is 13.2 Å². The smallest absolute Gasteiger partial charge is 0.434 e. The van der Waals surface area contributed by atoms with Gasteiger partial charge in [0.2, 0.25) is 0 Å². The number of phenolic OH excluding ortho intramolecular Hbond substituents is 1. The number of nitrogens with zero attached hydrogens (tertiary/aromatic N) is 2. The van der Waals surface area contributed by atoms with E-state index in [-0.39, 0.29) is 37.5 Å². The van der Waals surface area contributed by atoms with Gasteiger partial charge in [0, 0.05) is 5.02 Å². The van der Waals surface area contributed by atoms with Gasteiger partial charge in [0.1, 0.15) is 0 Å². The predicted octanol–water partition coefficient (Wildman–Crippen LogP) is 4.47. The molecule has 0 bridgehead atoms. The number of halogens is 5. The third-order valence-electron chi connectivity index (χ3n) is 5.35. The summed E-state index contributed by atoms with van der Waals surface area (Å²) >= 11 is 9.89. The SMILES string of the molecule is CCOC(=O)C1=C(C(F)(F)F)N=c2s/c(=C\c3cc(Br)c(O)c(OC)c3)c(=O)n2[C@@H]1c1ccc(Cl)cc1. The maximum Gasteiger partial charge on any atom is 0.434 e. The molecule has 13 heteroatoms. The van der Waals surface area contributed by atoms with Crippen molar-refractivity contribution in [3.05, 3.63) is 88.0 Å². The number of allylic oxidation sites excluding steroid dienone is 1. The van der Waals surface area contributed by atoms with Gasteiger partial charge in [-0.05, 0) is 64.3 Å². The Morgan fingerprint density at radius 1 is 1.30 bits per heavy atom. The lowest BCUT2D eigenvalue weighted by atomic mass is 9.95. The summed E-state index contributed by atoms with van der Waals surface area (Å²) in [5.74, 6) is -1.27. The number of aromatic hydroxyl groups is 1. The van der Waals surface area contributed by atoms with Crippen molar-refractivity contribution in [2.75, 3.05) is 13.7 Å². The molecule has 0 aliphatic carbocycles. The molecule has 1 aliphatic heterocycles. The van der Waals surface area contributed by atoms with Gasteiger partial charge >= 0.3 is 12.1 Å². The van der Waals surface area contributed by atoms with Crippen molar-refractivity contribution < 1.29 is 32.5 Å². The largest absolute Gasteiger partial charge is 0.503 e. The lowest BCUT2D eigenvalue weighted by Gasteiger charge is -2.26. The fourth-order valence-electron chi connectivity index (χ4n) is 3.78. The summed E-state index contributed by atoms with van der Waals surface area (Å²) in [5, 5.41) is 10.4. The molecule has 37 heavy (non-hydrogen) atoms. The van der Waals surface area contributed by atoms with Crippen LogP contribution >= 0.6 is 38.9 Å². The second-order valence-electron chi connectivity index (χ2n) is 7.67. The van der Waals surface area contributed by atoms with Gasteiger partial charge in [0.25, 0.3) is 5.56 Å². The molecule has 194 valence electrons. The highest BCUT2D eigenvalue weighted by atomic mass is 79.9. The highest BCUT2D eigenvalue weighted by Gasteiger charge is 2.45. The number of hydrogen-bond acceptors (Lipinski definition) is 7. The molecule has 0 saturated heterocycles. The second kappa shape index (κ2) is 10.3.